The molecule has 0 aliphatic carbocycles. The summed E-state index contributed by atoms with van der Waals surface area (Å²) in [6.45, 7) is 2.93. The number of rotatable bonds is 4. The van der Waals surface area contributed by atoms with Crippen molar-refractivity contribution in [1.82, 2.24) is 9.47 Å². The van der Waals surface area contributed by atoms with Crippen LogP contribution in [0.25, 0.3) is 11.0 Å². The van der Waals surface area contributed by atoms with Crippen LogP contribution in [-0.2, 0) is 17.8 Å². The lowest BCUT2D eigenvalue weighted by Gasteiger charge is -2.23. The first-order valence-electron chi connectivity index (χ1n) is 8.65. The molecule has 0 spiro atoms. The van der Waals surface area contributed by atoms with E-state index in [9.17, 15) is 4.79 Å². The van der Waals surface area contributed by atoms with Gasteiger partial charge in [-0.15, -0.1) is 0 Å². The number of nitrogens with zero attached hydrogens (tertiary/aromatic N) is 2. The first-order chi connectivity index (χ1) is 12.2. The van der Waals surface area contributed by atoms with Crippen molar-refractivity contribution in [2.75, 3.05) is 20.3 Å². The van der Waals surface area contributed by atoms with Gasteiger partial charge in [-0.1, -0.05) is 18.2 Å². The molecule has 1 atom stereocenters. The number of fused-ring (bicyclic) bond motifs is 2. The highest BCUT2D eigenvalue weighted by atomic mass is 16.5. The summed E-state index contributed by atoms with van der Waals surface area (Å²) < 4.78 is 13.3. The lowest BCUT2D eigenvalue weighted by molar-refractivity contribution is 0.0676. The van der Waals surface area contributed by atoms with E-state index in [1.807, 2.05) is 41.3 Å². The van der Waals surface area contributed by atoms with Crippen LogP contribution in [0.5, 0.6) is 0 Å². The summed E-state index contributed by atoms with van der Waals surface area (Å²) in [6.07, 6.45) is 3.02. The first-order valence-corrected chi connectivity index (χ1v) is 8.65. The van der Waals surface area contributed by atoms with Crippen LogP contribution in [0.3, 0.4) is 0 Å². The zero-order valence-electron chi connectivity index (χ0n) is 14.4. The molecular formula is C20H22N2O3. The van der Waals surface area contributed by atoms with E-state index in [1.165, 1.54) is 0 Å². The minimum absolute atomic E-state index is 0.0479. The maximum Gasteiger partial charge on any atom is 0.289 e. The summed E-state index contributed by atoms with van der Waals surface area (Å²) in [5, 5.41) is 0.958. The molecule has 3 heterocycles. The molecule has 0 fully saturated rings. The Kier molecular flexibility index (Phi) is 4.32. The molecule has 1 aromatic carbocycles. The van der Waals surface area contributed by atoms with Gasteiger partial charge in [0, 0.05) is 44.1 Å². The van der Waals surface area contributed by atoms with Crippen LogP contribution in [-0.4, -0.2) is 35.6 Å². The van der Waals surface area contributed by atoms with Gasteiger partial charge in [-0.2, -0.15) is 0 Å². The van der Waals surface area contributed by atoms with E-state index in [0.717, 1.165) is 29.6 Å². The van der Waals surface area contributed by atoms with Crippen LogP contribution in [0.1, 0.15) is 22.7 Å². The molecule has 0 N–H and O–H groups in total. The number of hydrogen-bond acceptors (Lipinski definition) is 3. The number of aromatic nitrogens is 1. The Morgan fingerprint density at radius 2 is 2.12 bits per heavy atom. The molecule has 5 heteroatoms. The number of para-hydroxylation sites is 1. The first kappa shape index (κ1) is 16.0. The molecule has 3 aromatic rings. The van der Waals surface area contributed by atoms with Crippen molar-refractivity contribution in [3.05, 3.63) is 60.1 Å². The lowest BCUT2D eigenvalue weighted by atomic mass is 10.1. The summed E-state index contributed by atoms with van der Waals surface area (Å²) in [6, 6.07) is 13.7. The van der Waals surface area contributed by atoms with Crippen molar-refractivity contribution >= 4 is 16.9 Å². The molecule has 2 aromatic heterocycles. The highest BCUT2D eigenvalue weighted by Gasteiger charge is 2.27. The van der Waals surface area contributed by atoms with Crippen molar-refractivity contribution < 1.29 is 13.9 Å². The number of hydrogen-bond donors (Lipinski definition) is 0. The molecule has 0 saturated heterocycles. The maximum absolute atomic E-state index is 13.1. The molecule has 4 rings (SSSR count). The zero-order chi connectivity index (χ0) is 17.2. The Labute approximate surface area is 146 Å². The van der Waals surface area contributed by atoms with E-state index in [0.29, 0.717) is 31.4 Å². The Hall–Kier alpha value is -2.53. The van der Waals surface area contributed by atoms with Gasteiger partial charge in [0.1, 0.15) is 5.58 Å². The van der Waals surface area contributed by atoms with Gasteiger partial charge in [-0.25, -0.2) is 0 Å². The predicted molar refractivity (Wildman–Crippen MR) is 95.4 cm³/mol. The standard InChI is InChI=1S/C20H22N2O3/c1-24-10-8-15-12-21-9-4-6-17(21)14-22(13-15)20(23)19-11-16-5-2-3-7-18(16)25-19/h2-7,9,11,15H,8,10,12-14H2,1H3/t15-/m0/s1. The average Bonchev–Trinajstić information content (AvgIpc) is 3.21. The molecule has 130 valence electrons. The Morgan fingerprint density at radius 1 is 1.24 bits per heavy atom. The van der Waals surface area contributed by atoms with Crippen LogP contribution in [0, 0.1) is 5.92 Å². The van der Waals surface area contributed by atoms with Crippen molar-refractivity contribution in [2.24, 2.45) is 5.92 Å². The molecule has 1 aliphatic rings. The van der Waals surface area contributed by atoms with Crippen molar-refractivity contribution in [1.29, 1.82) is 0 Å². The molecule has 0 bridgehead atoms. The van der Waals surface area contributed by atoms with Crippen LogP contribution in [0.2, 0.25) is 0 Å². The fourth-order valence-corrected chi connectivity index (χ4v) is 3.54. The van der Waals surface area contributed by atoms with Crippen molar-refractivity contribution in [2.45, 2.75) is 19.5 Å². The highest BCUT2D eigenvalue weighted by Crippen LogP contribution is 2.24. The second-order valence-electron chi connectivity index (χ2n) is 6.63. The molecule has 5 nitrogen and oxygen atoms in total. The smallest absolute Gasteiger partial charge is 0.289 e. The monoisotopic (exact) mass is 338 g/mol. The second kappa shape index (κ2) is 6.76. The number of carbonyl (C=O) groups excluding carboxylic acids is 1. The summed E-state index contributed by atoms with van der Waals surface area (Å²) in [5.41, 5.74) is 1.91. The minimum Gasteiger partial charge on any atom is -0.451 e. The number of amides is 1. The number of carbonyl (C=O) groups is 1. The predicted octanol–water partition coefficient (Wildman–Crippen LogP) is 3.54. The normalized spacial score (nSPS) is 17.5. The third kappa shape index (κ3) is 3.20. The van der Waals surface area contributed by atoms with Crippen molar-refractivity contribution in [3.63, 3.8) is 0 Å². The van der Waals surface area contributed by atoms with Gasteiger partial charge in [-0.05, 0) is 36.6 Å². The van der Waals surface area contributed by atoms with Crippen LogP contribution < -0.4 is 0 Å². The van der Waals surface area contributed by atoms with Gasteiger partial charge in [0.15, 0.2) is 5.76 Å². The number of methoxy groups -OCH3 is 1. The van der Waals surface area contributed by atoms with Gasteiger partial charge in [0.25, 0.3) is 5.91 Å². The fourth-order valence-electron chi connectivity index (χ4n) is 3.54. The Morgan fingerprint density at radius 3 is 2.96 bits per heavy atom. The summed E-state index contributed by atoms with van der Waals surface area (Å²) >= 11 is 0. The van der Waals surface area contributed by atoms with Crippen LogP contribution in [0.15, 0.2) is 53.1 Å². The molecule has 25 heavy (non-hydrogen) atoms. The number of ether oxygens (including phenoxy) is 1. The number of benzene rings is 1. The zero-order valence-corrected chi connectivity index (χ0v) is 14.4. The topological polar surface area (TPSA) is 47.6 Å². The molecular weight excluding hydrogens is 316 g/mol. The third-order valence-electron chi connectivity index (χ3n) is 4.86. The van der Waals surface area contributed by atoms with E-state index >= 15 is 0 Å². The van der Waals surface area contributed by atoms with E-state index in [2.05, 4.69) is 16.8 Å². The molecule has 1 aliphatic heterocycles. The Bertz CT molecular complexity index is 847. The quantitative estimate of drug-likeness (QED) is 0.731. The highest BCUT2D eigenvalue weighted by molar-refractivity contribution is 5.96. The van der Waals surface area contributed by atoms with Gasteiger partial charge in [0.2, 0.25) is 0 Å². The number of furan rings is 1. The summed E-state index contributed by atoms with van der Waals surface area (Å²) in [7, 11) is 1.72. The van der Waals surface area contributed by atoms with E-state index in [4.69, 9.17) is 9.15 Å². The van der Waals surface area contributed by atoms with Gasteiger partial charge in [0.05, 0.1) is 6.54 Å². The van der Waals surface area contributed by atoms with Crippen LogP contribution in [0.4, 0.5) is 0 Å². The minimum atomic E-state index is -0.0479. The average molecular weight is 338 g/mol. The van der Waals surface area contributed by atoms with Gasteiger partial charge in [-0.3, -0.25) is 4.79 Å². The van der Waals surface area contributed by atoms with Crippen LogP contribution >= 0.6 is 0 Å². The second-order valence-corrected chi connectivity index (χ2v) is 6.63. The maximum atomic E-state index is 13.1. The summed E-state index contributed by atoms with van der Waals surface area (Å²) in [4.78, 5) is 15.0. The van der Waals surface area contributed by atoms with E-state index < -0.39 is 0 Å². The molecule has 0 radical (unpaired) electrons. The largest absolute Gasteiger partial charge is 0.451 e. The summed E-state index contributed by atoms with van der Waals surface area (Å²) in [5.74, 6) is 0.724. The van der Waals surface area contributed by atoms with Gasteiger partial charge >= 0.3 is 0 Å². The molecule has 0 saturated carbocycles. The van der Waals surface area contributed by atoms with Crippen molar-refractivity contribution in [3.8, 4) is 0 Å². The Balaban J connectivity index is 1.61. The fraction of sp³-hybridized carbons (Fsp3) is 0.350. The van der Waals surface area contributed by atoms with Gasteiger partial charge < -0.3 is 18.6 Å². The molecule has 0 unspecified atom stereocenters. The van der Waals surface area contributed by atoms with E-state index in [-0.39, 0.29) is 5.91 Å². The molecule has 1 amide bonds. The van der Waals surface area contributed by atoms with E-state index in [1.54, 1.807) is 7.11 Å². The lowest BCUT2D eigenvalue weighted by Crippen LogP contribution is -2.34. The third-order valence-corrected chi connectivity index (χ3v) is 4.86. The SMILES string of the molecule is COCC[C@@H]1CN(C(=O)c2cc3ccccc3o2)Cc2cccn2C1.